The summed E-state index contributed by atoms with van der Waals surface area (Å²) in [5, 5.41) is 0. The molecule has 1 unspecified atom stereocenters. The smallest absolute Gasteiger partial charge is 0.165 e. The molecule has 0 heterocycles. The summed E-state index contributed by atoms with van der Waals surface area (Å²) >= 11 is 0. The summed E-state index contributed by atoms with van der Waals surface area (Å²) in [6, 6.07) is 13.0. The van der Waals surface area contributed by atoms with Crippen molar-refractivity contribution >= 4 is 0 Å². The molecule has 1 saturated carbocycles. The third kappa shape index (κ3) is 2.79. The Balaban J connectivity index is 1.80. The second-order valence-corrected chi connectivity index (χ2v) is 5.67. The highest BCUT2D eigenvalue weighted by Crippen LogP contribution is 2.36. The molecular formula is C18H20FNO. The molecule has 1 aliphatic carbocycles. The second-order valence-electron chi connectivity index (χ2n) is 5.67. The standard InChI is InChI=1S/C18H20FNO/c1-21-17-10-9-15(11-16(17)19)18(20)14-7-5-13(6-8-14)12-3-2-4-12/h5-12,18H,2-4,20H2,1H3. The highest BCUT2D eigenvalue weighted by atomic mass is 19.1. The molecule has 0 radical (unpaired) electrons. The van der Waals surface area contributed by atoms with Crippen LogP contribution in [0.2, 0.25) is 0 Å². The largest absolute Gasteiger partial charge is 0.494 e. The van der Waals surface area contributed by atoms with E-state index in [1.54, 1.807) is 6.07 Å². The molecule has 2 N–H and O–H groups in total. The molecule has 0 aromatic heterocycles. The van der Waals surface area contributed by atoms with E-state index in [1.807, 2.05) is 6.07 Å². The Morgan fingerprint density at radius 3 is 2.29 bits per heavy atom. The third-order valence-electron chi connectivity index (χ3n) is 4.41. The van der Waals surface area contributed by atoms with Crippen molar-refractivity contribution in [1.29, 1.82) is 0 Å². The average Bonchev–Trinajstić information content (AvgIpc) is 2.45. The number of halogens is 1. The first-order valence-electron chi connectivity index (χ1n) is 7.38. The molecule has 0 spiro atoms. The van der Waals surface area contributed by atoms with E-state index in [1.165, 1.54) is 38.0 Å². The van der Waals surface area contributed by atoms with Crippen molar-refractivity contribution in [2.24, 2.45) is 5.73 Å². The lowest BCUT2D eigenvalue weighted by Crippen LogP contribution is -2.13. The van der Waals surface area contributed by atoms with Gasteiger partial charge in [-0.2, -0.15) is 0 Å². The summed E-state index contributed by atoms with van der Waals surface area (Å²) < 4.78 is 18.7. The molecule has 21 heavy (non-hydrogen) atoms. The lowest BCUT2D eigenvalue weighted by atomic mass is 9.79. The van der Waals surface area contributed by atoms with Crippen LogP contribution in [0.15, 0.2) is 42.5 Å². The zero-order valence-electron chi connectivity index (χ0n) is 12.2. The second kappa shape index (κ2) is 5.86. The van der Waals surface area contributed by atoms with Gasteiger partial charge in [-0.3, -0.25) is 0 Å². The molecule has 0 amide bonds. The molecule has 0 saturated heterocycles. The van der Waals surface area contributed by atoms with E-state index in [4.69, 9.17) is 10.5 Å². The van der Waals surface area contributed by atoms with E-state index < -0.39 is 0 Å². The van der Waals surface area contributed by atoms with Crippen LogP contribution in [0.25, 0.3) is 0 Å². The molecule has 2 aromatic rings. The lowest BCUT2D eigenvalue weighted by Gasteiger charge is -2.26. The molecular weight excluding hydrogens is 265 g/mol. The molecule has 1 atom stereocenters. The van der Waals surface area contributed by atoms with Gasteiger partial charge in [0.05, 0.1) is 13.2 Å². The summed E-state index contributed by atoms with van der Waals surface area (Å²) in [5.74, 6) is 0.580. The predicted octanol–water partition coefficient (Wildman–Crippen LogP) is 4.15. The van der Waals surface area contributed by atoms with Gasteiger partial charge in [0.2, 0.25) is 0 Å². The Hall–Kier alpha value is -1.87. The van der Waals surface area contributed by atoms with Crippen LogP contribution in [-0.2, 0) is 0 Å². The summed E-state index contributed by atoms with van der Waals surface area (Å²) in [6.45, 7) is 0. The average molecular weight is 285 g/mol. The first-order valence-corrected chi connectivity index (χ1v) is 7.38. The number of hydrogen-bond acceptors (Lipinski definition) is 2. The molecule has 3 rings (SSSR count). The first-order chi connectivity index (χ1) is 10.2. The molecule has 1 aliphatic rings. The maximum absolute atomic E-state index is 13.8. The maximum atomic E-state index is 13.8. The Morgan fingerprint density at radius 1 is 1.10 bits per heavy atom. The van der Waals surface area contributed by atoms with Crippen molar-refractivity contribution in [1.82, 2.24) is 0 Å². The molecule has 110 valence electrons. The van der Waals surface area contributed by atoms with Crippen molar-refractivity contribution < 1.29 is 9.13 Å². The number of nitrogens with two attached hydrogens (primary N) is 1. The minimum absolute atomic E-state index is 0.242. The van der Waals surface area contributed by atoms with Crippen molar-refractivity contribution in [2.45, 2.75) is 31.2 Å². The van der Waals surface area contributed by atoms with Gasteiger partial charge in [-0.05, 0) is 47.6 Å². The van der Waals surface area contributed by atoms with E-state index in [2.05, 4.69) is 24.3 Å². The fourth-order valence-electron chi connectivity index (χ4n) is 2.79. The zero-order valence-corrected chi connectivity index (χ0v) is 12.2. The van der Waals surface area contributed by atoms with Gasteiger partial charge >= 0.3 is 0 Å². The topological polar surface area (TPSA) is 35.2 Å². The quantitative estimate of drug-likeness (QED) is 0.916. The summed E-state index contributed by atoms with van der Waals surface area (Å²) in [5.41, 5.74) is 9.39. The highest BCUT2D eigenvalue weighted by Gasteiger charge is 2.19. The van der Waals surface area contributed by atoms with Gasteiger partial charge in [0, 0.05) is 0 Å². The van der Waals surface area contributed by atoms with E-state index in [-0.39, 0.29) is 17.6 Å². The number of methoxy groups -OCH3 is 1. The first kappa shape index (κ1) is 14.1. The summed E-state index contributed by atoms with van der Waals surface area (Å²) in [7, 11) is 1.46. The molecule has 0 bridgehead atoms. The van der Waals surface area contributed by atoms with E-state index in [9.17, 15) is 4.39 Å². The minimum atomic E-state index is -0.378. The Kier molecular flexibility index (Phi) is 3.93. The number of ether oxygens (including phenoxy) is 1. The van der Waals surface area contributed by atoms with Gasteiger partial charge in [0.15, 0.2) is 11.6 Å². The fourth-order valence-corrected chi connectivity index (χ4v) is 2.79. The van der Waals surface area contributed by atoms with Gasteiger partial charge < -0.3 is 10.5 Å². The van der Waals surface area contributed by atoms with Crippen LogP contribution in [-0.4, -0.2) is 7.11 Å². The maximum Gasteiger partial charge on any atom is 0.165 e. The number of rotatable bonds is 4. The van der Waals surface area contributed by atoms with Crippen molar-refractivity contribution in [3.05, 3.63) is 65.0 Å². The van der Waals surface area contributed by atoms with Crippen LogP contribution >= 0.6 is 0 Å². The van der Waals surface area contributed by atoms with Crippen molar-refractivity contribution in [3.63, 3.8) is 0 Å². The van der Waals surface area contributed by atoms with E-state index in [0.717, 1.165) is 11.1 Å². The van der Waals surface area contributed by atoms with Crippen LogP contribution < -0.4 is 10.5 Å². The molecule has 2 nitrogen and oxygen atoms in total. The SMILES string of the molecule is COc1ccc(C(N)c2ccc(C3CCC3)cc2)cc1F. The Labute approximate surface area is 124 Å². The monoisotopic (exact) mass is 285 g/mol. The summed E-state index contributed by atoms with van der Waals surface area (Å²) in [6.07, 6.45) is 3.90. The van der Waals surface area contributed by atoms with E-state index >= 15 is 0 Å². The van der Waals surface area contributed by atoms with Crippen molar-refractivity contribution in [3.8, 4) is 5.75 Å². The van der Waals surface area contributed by atoms with Crippen molar-refractivity contribution in [2.75, 3.05) is 7.11 Å². The normalized spacial score (nSPS) is 16.3. The van der Waals surface area contributed by atoms with Gasteiger partial charge in [-0.15, -0.1) is 0 Å². The van der Waals surface area contributed by atoms with Crippen LogP contribution in [0.5, 0.6) is 5.75 Å². The Bertz CT molecular complexity index is 620. The molecule has 0 aliphatic heterocycles. The number of benzene rings is 2. The molecule has 3 heteroatoms. The molecule has 1 fully saturated rings. The lowest BCUT2D eigenvalue weighted by molar-refractivity contribution is 0.386. The molecule has 2 aromatic carbocycles. The highest BCUT2D eigenvalue weighted by molar-refractivity contribution is 5.37. The van der Waals surface area contributed by atoms with E-state index in [0.29, 0.717) is 5.92 Å². The van der Waals surface area contributed by atoms with Crippen LogP contribution in [0.1, 0.15) is 47.9 Å². The fraction of sp³-hybridized carbons (Fsp3) is 0.333. The predicted molar refractivity (Wildman–Crippen MR) is 82.0 cm³/mol. The zero-order chi connectivity index (χ0) is 14.8. The van der Waals surface area contributed by atoms with Gasteiger partial charge in [-0.1, -0.05) is 36.8 Å². The van der Waals surface area contributed by atoms with Crippen LogP contribution in [0.4, 0.5) is 4.39 Å². The number of hydrogen-bond donors (Lipinski definition) is 1. The van der Waals surface area contributed by atoms with Crippen LogP contribution in [0.3, 0.4) is 0 Å². The Morgan fingerprint density at radius 2 is 1.76 bits per heavy atom. The summed E-state index contributed by atoms with van der Waals surface area (Å²) in [4.78, 5) is 0. The van der Waals surface area contributed by atoms with Gasteiger partial charge in [0.1, 0.15) is 0 Å². The van der Waals surface area contributed by atoms with Crippen LogP contribution in [0, 0.1) is 5.82 Å². The minimum Gasteiger partial charge on any atom is -0.494 e. The third-order valence-corrected chi connectivity index (χ3v) is 4.41. The van der Waals surface area contributed by atoms with Gasteiger partial charge in [-0.25, -0.2) is 4.39 Å². The van der Waals surface area contributed by atoms with Gasteiger partial charge in [0.25, 0.3) is 0 Å².